The molecule has 3 amide bonds. The summed E-state index contributed by atoms with van der Waals surface area (Å²) in [4.78, 5) is 30.6. The highest BCUT2D eigenvalue weighted by Gasteiger charge is 2.27. The molecule has 1 aromatic carbocycles. The molecule has 33 heavy (non-hydrogen) atoms. The molecule has 0 unspecified atom stereocenters. The molecule has 1 fully saturated rings. The maximum absolute atomic E-state index is 12.5. The topological polar surface area (TPSA) is 90.7 Å². The van der Waals surface area contributed by atoms with Crippen molar-refractivity contribution in [3.8, 4) is 0 Å². The Labute approximate surface area is 200 Å². The van der Waals surface area contributed by atoms with E-state index in [-0.39, 0.29) is 6.03 Å². The second kappa shape index (κ2) is 11.1. The number of urea groups is 1. The van der Waals surface area contributed by atoms with E-state index in [2.05, 4.69) is 51.6 Å². The third-order valence-electron chi connectivity index (χ3n) is 6.52. The number of hydrogen-bond acceptors (Lipinski definition) is 5. The van der Waals surface area contributed by atoms with E-state index in [9.17, 15) is 9.59 Å². The average Bonchev–Trinajstić information content (AvgIpc) is 3.42. The van der Waals surface area contributed by atoms with E-state index >= 15 is 0 Å². The van der Waals surface area contributed by atoms with Crippen LogP contribution in [0.3, 0.4) is 0 Å². The van der Waals surface area contributed by atoms with Gasteiger partial charge in [0.05, 0.1) is 5.56 Å². The van der Waals surface area contributed by atoms with Crippen LogP contribution in [0.5, 0.6) is 0 Å². The molecule has 2 aliphatic rings. The van der Waals surface area contributed by atoms with Gasteiger partial charge in [-0.05, 0) is 69.8 Å². The minimum absolute atomic E-state index is 0.270. The first-order valence-corrected chi connectivity index (χ1v) is 12.8. The van der Waals surface area contributed by atoms with Gasteiger partial charge in [0.2, 0.25) is 0 Å². The Morgan fingerprint density at radius 3 is 2.55 bits per heavy atom. The van der Waals surface area contributed by atoms with Crippen molar-refractivity contribution < 1.29 is 9.59 Å². The summed E-state index contributed by atoms with van der Waals surface area (Å²) in [5.74, 6) is -0.472. The third-order valence-corrected chi connectivity index (χ3v) is 7.65. The molecule has 2 aliphatic heterocycles. The summed E-state index contributed by atoms with van der Waals surface area (Å²) in [7, 11) is 0. The van der Waals surface area contributed by atoms with Gasteiger partial charge in [-0.3, -0.25) is 15.0 Å². The maximum Gasteiger partial charge on any atom is 0.319 e. The SMILES string of the molecule is Cc1ccc(CN2CCc3c(sc(NC(=O)NCCCCN4CCCC4)c3C(N)=O)C2)cc1. The van der Waals surface area contributed by atoms with Crippen LogP contribution in [-0.4, -0.2) is 54.5 Å². The van der Waals surface area contributed by atoms with Crippen LogP contribution < -0.4 is 16.4 Å². The molecule has 0 saturated carbocycles. The van der Waals surface area contributed by atoms with Crippen molar-refractivity contribution in [1.29, 1.82) is 0 Å². The number of nitrogens with one attached hydrogen (secondary N) is 2. The zero-order valence-electron chi connectivity index (χ0n) is 19.5. The van der Waals surface area contributed by atoms with Crippen LogP contribution in [0.4, 0.5) is 9.80 Å². The van der Waals surface area contributed by atoms with Crippen LogP contribution in [-0.2, 0) is 19.5 Å². The molecule has 0 radical (unpaired) electrons. The van der Waals surface area contributed by atoms with Crippen LogP contribution in [0.15, 0.2) is 24.3 Å². The molecule has 2 aromatic rings. The summed E-state index contributed by atoms with van der Waals surface area (Å²) in [6.45, 7) is 8.71. The first-order valence-electron chi connectivity index (χ1n) is 12.0. The minimum Gasteiger partial charge on any atom is -0.365 e. The van der Waals surface area contributed by atoms with Crippen molar-refractivity contribution >= 4 is 28.3 Å². The van der Waals surface area contributed by atoms with E-state index in [0.717, 1.165) is 55.9 Å². The molecule has 1 aromatic heterocycles. The number of nitrogens with two attached hydrogens (primary N) is 1. The summed E-state index contributed by atoms with van der Waals surface area (Å²) < 4.78 is 0. The van der Waals surface area contributed by atoms with Crippen LogP contribution >= 0.6 is 11.3 Å². The molecule has 3 heterocycles. The lowest BCUT2D eigenvalue weighted by Crippen LogP contribution is -2.31. The molecule has 0 atom stereocenters. The Hall–Kier alpha value is -2.42. The van der Waals surface area contributed by atoms with Crippen molar-refractivity contribution in [2.75, 3.05) is 38.0 Å². The van der Waals surface area contributed by atoms with Crippen LogP contribution in [0.25, 0.3) is 0 Å². The van der Waals surface area contributed by atoms with Crippen LogP contribution in [0.2, 0.25) is 0 Å². The second-order valence-electron chi connectivity index (χ2n) is 9.16. The molecule has 4 rings (SSSR count). The third kappa shape index (κ3) is 6.34. The summed E-state index contributed by atoms with van der Waals surface area (Å²) in [6, 6.07) is 8.32. The molecular formula is C25H35N5O2S. The molecule has 4 N–H and O–H groups in total. The Kier molecular flexibility index (Phi) is 8.01. The number of carbonyl (C=O) groups is 2. The fourth-order valence-corrected chi connectivity index (χ4v) is 6.00. The summed E-state index contributed by atoms with van der Waals surface area (Å²) in [5.41, 5.74) is 9.71. The Morgan fingerprint density at radius 2 is 1.82 bits per heavy atom. The monoisotopic (exact) mass is 469 g/mol. The molecule has 0 spiro atoms. The normalized spacial score (nSPS) is 16.5. The van der Waals surface area contributed by atoms with E-state index in [4.69, 9.17) is 5.73 Å². The number of rotatable bonds is 9. The zero-order chi connectivity index (χ0) is 23.2. The molecule has 0 bridgehead atoms. The predicted octanol–water partition coefficient (Wildman–Crippen LogP) is 3.71. The first kappa shape index (κ1) is 23.7. The van der Waals surface area contributed by atoms with Gasteiger partial charge in [-0.25, -0.2) is 4.79 Å². The zero-order valence-corrected chi connectivity index (χ0v) is 20.3. The number of aryl methyl sites for hydroxylation is 1. The second-order valence-corrected chi connectivity index (χ2v) is 10.3. The Bertz CT molecular complexity index is 966. The van der Waals surface area contributed by atoms with Gasteiger partial charge < -0.3 is 16.0 Å². The van der Waals surface area contributed by atoms with Crippen LogP contribution in [0.1, 0.15) is 57.6 Å². The molecule has 0 aliphatic carbocycles. The number of fused-ring (bicyclic) bond motifs is 1. The van der Waals surface area contributed by atoms with Crippen LogP contribution in [0, 0.1) is 6.92 Å². The Balaban J connectivity index is 1.31. The van der Waals surface area contributed by atoms with Crippen molar-refractivity contribution in [2.24, 2.45) is 5.73 Å². The summed E-state index contributed by atoms with van der Waals surface area (Å²) in [6.07, 6.45) is 5.39. The lowest BCUT2D eigenvalue weighted by Gasteiger charge is -2.27. The van der Waals surface area contributed by atoms with E-state index in [1.54, 1.807) is 0 Å². The average molecular weight is 470 g/mol. The van der Waals surface area contributed by atoms with Gasteiger partial charge in [0, 0.05) is 31.1 Å². The summed E-state index contributed by atoms with van der Waals surface area (Å²) in [5, 5.41) is 6.38. The fourth-order valence-electron chi connectivity index (χ4n) is 4.71. The number of nitrogens with zero attached hydrogens (tertiary/aromatic N) is 2. The number of benzene rings is 1. The molecule has 178 valence electrons. The standard InChI is InChI=1S/C25H35N5O2S/c1-18-6-8-19(9-7-18)16-30-15-10-20-21(17-30)33-24(22(20)23(26)31)28-25(32)27-11-2-3-12-29-13-4-5-14-29/h6-9H,2-5,10-17H2,1H3,(H2,26,31)(H2,27,28,32). The quantitative estimate of drug-likeness (QED) is 0.488. The maximum atomic E-state index is 12.5. The van der Waals surface area contributed by atoms with Crippen molar-refractivity contribution in [3.63, 3.8) is 0 Å². The minimum atomic E-state index is -0.472. The number of hydrogen-bond donors (Lipinski definition) is 3. The van der Waals surface area contributed by atoms with Gasteiger partial charge >= 0.3 is 6.03 Å². The van der Waals surface area contributed by atoms with Gasteiger partial charge in [0.15, 0.2) is 0 Å². The van der Waals surface area contributed by atoms with E-state index in [1.165, 1.54) is 48.4 Å². The van der Waals surface area contributed by atoms with E-state index < -0.39 is 5.91 Å². The number of primary amides is 1. The van der Waals surface area contributed by atoms with Crippen molar-refractivity contribution in [1.82, 2.24) is 15.1 Å². The smallest absolute Gasteiger partial charge is 0.319 e. The molecular weight excluding hydrogens is 434 g/mol. The van der Waals surface area contributed by atoms with E-state index in [0.29, 0.717) is 17.1 Å². The number of carbonyl (C=O) groups excluding carboxylic acids is 2. The van der Waals surface area contributed by atoms with Gasteiger partial charge in [0.25, 0.3) is 5.91 Å². The number of amides is 3. The highest BCUT2D eigenvalue weighted by molar-refractivity contribution is 7.17. The molecule has 1 saturated heterocycles. The highest BCUT2D eigenvalue weighted by Crippen LogP contribution is 2.37. The highest BCUT2D eigenvalue weighted by atomic mass is 32.1. The predicted molar refractivity (Wildman–Crippen MR) is 134 cm³/mol. The Morgan fingerprint density at radius 1 is 1.06 bits per heavy atom. The number of unbranched alkanes of at least 4 members (excludes halogenated alkanes) is 1. The van der Waals surface area contributed by atoms with E-state index in [1.807, 2.05) is 0 Å². The largest absolute Gasteiger partial charge is 0.365 e. The van der Waals surface area contributed by atoms with Gasteiger partial charge in [-0.1, -0.05) is 29.8 Å². The first-order chi connectivity index (χ1) is 16.0. The number of thiophene rings is 1. The number of anilines is 1. The molecule has 8 heteroatoms. The summed E-state index contributed by atoms with van der Waals surface area (Å²) >= 11 is 1.47. The lowest BCUT2D eigenvalue weighted by atomic mass is 10.0. The number of likely N-dealkylation sites (tertiary alicyclic amines) is 1. The van der Waals surface area contributed by atoms with Crippen molar-refractivity contribution in [2.45, 2.75) is 52.1 Å². The van der Waals surface area contributed by atoms with Crippen molar-refractivity contribution in [3.05, 3.63) is 51.4 Å². The molecule has 7 nitrogen and oxygen atoms in total. The van der Waals surface area contributed by atoms with Gasteiger partial charge in [0.1, 0.15) is 5.00 Å². The lowest BCUT2D eigenvalue weighted by molar-refractivity contribution is 0.0999. The van der Waals surface area contributed by atoms with Gasteiger partial charge in [-0.15, -0.1) is 11.3 Å². The van der Waals surface area contributed by atoms with Gasteiger partial charge in [-0.2, -0.15) is 0 Å². The fraction of sp³-hybridized carbons (Fsp3) is 0.520.